The van der Waals surface area contributed by atoms with E-state index in [9.17, 15) is 4.79 Å². The van der Waals surface area contributed by atoms with Crippen LogP contribution in [0.2, 0.25) is 0 Å². The molecule has 0 saturated heterocycles. The van der Waals surface area contributed by atoms with Gasteiger partial charge in [0.05, 0.1) is 6.04 Å². The maximum atomic E-state index is 10.6. The van der Waals surface area contributed by atoms with Gasteiger partial charge in [0, 0.05) is 6.08 Å². The molecule has 1 unspecified atom stereocenters. The molecule has 0 heterocycles. The fraction of sp³-hybridized carbons (Fsp3) is 0.118. The van der Waals surface area contributed by atoms with E-state index < -0.39 is 5.97 Å². The summed E-state index contributed by atoms with van der Waals surface area (Å²) in [5.74, 6) is -0.931. The Hall–Kier alpha value is -2.39. The summed E-state index contributed by atoms with van der Waals surface area (Å²) in [6.07, 6.45) is 2.79. The van der Waals surface area contributed by atoms with E-state index >= 15 is 0 Å². The highest BCUT2D eigenvalue weighted by Crippen LogP contribution is 2.43. The van der Waals surface area contributed by atoms with Crippen molar-refractivity contribution in [2.24, 2.45) is 0 Å². The summed E-state index contributed by atoms with van der Waals surface area (Å²) in [5, 5.41) is 12.0. The third-order valence-corrected chi connectivity index (χ3v) is 3.66. The van der Waals surface area contributed by atoms with Crippen LogP contribution in [0.3, 0.4) is 0 Å². The third kappa shape index (κ3) is 2.02. The fourth-order valence-corrected chi connectivity index (χ4v) is 2.80. The van der Waals surface area contributed by atoms with Gasteiger partial charge in [-0.1, -0.05) is 36.4 Å². The lowest BCUT2D eigenvalue weighted by Gasteiger charge is -2.11. The molecular weight excluding hydrogens is 250 g/mol. The van der Waals surface area contributed by atoms with Gasteiger partial charge in [0.15, 0.2) is 0 Å². The smallest absolute Gasteiger partial charge is 0.328 e. The first-order valence-corrected chi connectivity index (χ1v) is 6.52. The van der Waals surface area contributed by atoms with Crippen molar-refractivity contribution in [2.75, 3.05) is 7.05 Å². The number of hydrogen-bond acceptors (Lipinski definition) is 2. The van der Waals surface area contributed by atoms with Crippen LogP contribution < -0.4 is 5.32 Å². The predicted octanol–water partition coefficient (Wildman–Crippen LogP) is 3.07. The number of benzene rings is 2. The summed E-state index contributed by atoms with van der Waals surface area (Å²) < 4.78 is 0. The number of carbonyl (C=O) groups is 1. The van der Waals surface area contributed by atoms with Gasteiger partial charge in [0.2, 0.25) is 0 Å². The normalized spacial score (nSPS) is 16.1. The molecule has 0 saturated carbocycles. The third-order valence-electron chi connectivity index (χ3n) is 3.66. The van der Waals surface area contributed by atoms with E-state index in [1.54, 1.807) is 6.08 Å². The van der Waals surface area contributed by atoms with Crippen LogP contribution >= 0.6 is 0 Å². The van der Waals surface area contributed by atoms with Crippen molar-refractivity contribution in [1.29, 1.82) is 0 Å². The number of carboxylic acids is 1. The zero-order valence-corrected chi connectivity index (χ0v) is 11.1. The summed E-state index contributed by atoms with van der Waals surface area (Å²) in [7, 11) is 1.95. The van der Waals surface area contributed by atoms with Crippen molar-refractivity contribution < 1.29 is 9.90 Å². The van der Waals surface area contributed by atoms with Crippen molar-refractivity contribution in [2.45, 2.75) is 6.04 Å². The standard InChI is InChI=1S/C17H15NO2/c1-18-17-13-5-3-2-4-12(13)15-10-11(6-8-14(15)17)7-9-16(19)20/h2-10,17-18H,1H3,(H,19,20)/b9-7+. The molecule has 100 valence electrons. The maximum absolute atomic E-state index is 10.6. The van der Waals surface area contributed by atoms with E-state index in [2.05, 4.69) is 23.5 Å². The van der Waals surface area contributed by atoms with Crippen LogP contribution in [0.5, 0.6) is 0 Å². The average Bonchev–Trinajstić information content (AvgIpc) is 2.78. The largest absolute Gasteiger partial charge is 0.478 e. The van der Waals surface area contributed by atoms with Gasteiger partial charge in [-0.25, -0.2) is 4.79 Å². The van der Waals surface area contributed by atoms with E-state index in [4.69, 9.17) is 5.11 Å². The first-order chi connectivity index (χ1) is 9.70. The van der Waals surface area contributed by atoms with Crippen molar-refractivity contribution in [1.82, 2.24) is 5.32 Å². The van der Waals surface area contributed by atoms with Gasteiger partial charge in [0.25, 0.3) is 0 Å². The Kier molecular flexibility index (Phi) is 3.12. The van der Waals surface area contributed by atoms with Gasteiger partial charge >= 0.3 is 5.97 Å². The van der Waals surface area contributed by atoms with E-state index in [-0.39, 0.29) is 6.04 Å². The number of rotatable bonds is 3. The van der Waals surface area contributed by atoms with E-state index in [1.807, 2.05) is 31.3 Å². The van der Waals surface area contributed by atoms with Crippen LogP contribution in [-0.2, 0) is 4.79 Å². The first kappa shape index (κ1) is 12.6. The van der Waals surface area contributed by atoms with Crippen LogP contribution in [0, 0.1) is 0 Å². The van der Waals surface area contributed by atoms with E-state index in [0.29, 0.717) is 0 Å². The highest BCUT2D eigenvalue weighted by atomic mass is 16.4. The Morgan fingerprint density at radius 3 is 2.65 bits per heavy atom. The Morgan fingerprint density at radius 1 is 1.15 bits per heavy atom. The molecule has 2 N–H and O–H groups in total. The Bertz CT molecular complexity index is 704. The second kappa shape index (κ2) is 4.94. The summed E-state index contributed by atoms with van der Waals surface area (Å²) >= 11 is 0. The lowest BCUT2D eigenvalue weighted by atomic mass is 10.0. The summed E-state index contributed by atoms with van der Waals surface area (Å²) in [5.41, 5.74) is 5.79. The first-order valence-electron chi connectivity index (χ1n) is 6.52. The predicted molar refractivity (Wildman–Crippen MR) is 79.5 cm³/mol. The molecule has 0 fully saturated rings. The Morgan fingerprint density at radius 2 is 1.90 bits per heavy atom. The molecule has 0 radical (unpaired) electrons. The van der Waals surface area contributed by atoms with Crippen molar-refractivity contribution in [3.05, 3.63) is 65.2 Å². The highest BCUT2D eigenvalue weighted by molar-refractivity contribution is 5.86. The second-order valence-electron chi connectivity index (χ2n) is 4.83. The molecule has 2 aromatic carbocycles. The number of nitrogens with one attached hydrogen (secondary N) is 1. The van der Waals surface area contributed by atoms with Gasteiger partial charge in [-0.05, 0) is 47.0 Å². The van der Waals surface area contributed by atoms with Gasteiger partial charge in [-0.2, -0.15) is 0 Å². The Labute approximate surface area is 117 Å². The summed E-state index contributed by atoms with van der Waals surface area (Å²) in [4.78, 5) is 10.6. The molecule has 20 heavy (non-hydrogen) atoms. The zero-order valence-electron chi connectivity index (χ0n) is 11.1. The lowest BCUT2D eigenvalue weighted by Crippen LogP contribution is -2.14. The molecular formula is C17H15NO2. The molecule has 3 heteroatoms. The van der Waals surface area contributed by atoms with Gasteiger partial charge in [-0.3, -0.25) is 0 Å². The molecule has 3 rings (SSSR count). The molecule has 1 aliphatic carbocycles. The average molecular weight is 265 g/mol. The molecule has 1 aliphatic rings. The molecule has 0 aliphatic heterocycles. The van der Waals surface area contributed by atoms with Crippen LogP contribution in [0.1, 0.15) is 22.7 Å². The van der Waals surface area contributed by atoms with E-state index in [0.717, 1.165) is 11.6 Å². The Balaban J connectivity index is 2.11. The lowest BCUT2D eigenvalue weighted by molar-refractivity contribution is -0.131. The molecule has 0 amide bonds. The zero-order chi connectivity index (χ0) is 14.1. The van der Waals surface area contributed by atoms with Crippen molar-refractivity contribution in [3.63, 3.8) is 0 Å². The molecule has 0 bridgehead atoms. The molecule has 1 atom stereocenters. The fourth-order valence-electron chi connectivity index (χ4n) is 2.80. The summed E-state index contributed by atoms with van der Waals surface area (Å²) in [6.45, 7) is 0. The quantitative estimate of drug-likeness (QED) is 0.838. The van der Waals surface area contributed by atoms with Crippen molar-refractivity contribution >= 4 is 12.0 Å². The van der Waals surface area contributed by atoms with Gasteiger partial charge in [0.1, 0.15) is 0 Å². The minimum Gasteiger partial charge on any atom is -0.478 e. The monoisotopic (exact) mass is 265 g/mol. The molecule has 0 spiro atoms. The van der Waals surface area contributed by atoms with Crippen LogP contribution in [0.25, 0.3) is 17.2 Å². The van der Waals surface area contributed by atoms with Gasteiger partial charge < -0.3 is 10.4 Å². The highest BCUT2D eigenvalue weighted by Gasteiger charge is 2.26. The van der Waals surface area contributed by atoms with Crippen LogP contribution in [0.15, 0.2) is 48.5 Å². The van der Waals surface area contributed by atoms with Crippen LogP contribution in [0.4, 0.5) is 0 Å². The van der Waals surface area contributed by atoms with E-state index in [1.165, 1.54) is 22.3 Å². The minimum absolute atomic E-state index is 0.207. The summed E-state index contributed by atoms with van der Waals surface area (Å²) in [6, 6.07) is 14.6. The van der Waals surface area contributed by atoms with Gasteiger partial charge in [-0.15, -0.1) is 0 Å². The minimum atomic E-state index is -0.931. The molecule has 3 nitrogen and oxygen atoms in total. The number of fused-ring (bicyclic) bond motifs is 3. The SMILES string of the molecule is CNC1c2ccccc2-c2cc(/C=C/C(=O)O)ccc21. The number of carboxylic acid groups (broad SMARTS) is 1. The number of hydrogen-bond donors (Lipinski definition) is 2. The molecule has 2 aromatic rings. The topological polar surface area (TPSA) is 49.3 Å². The van der Waals surface area contributed by atoms with Crippen LogP contribution in [-0.4, -0.2) is 18.1 Å². The maximum Gasteiger partial charge on any atom is 0.328 e. The number of aliphatic carboxylic acids is 1. The molecule has 0 aromatic heterocycles. The van der Waals surface area contributed by atoms with Crippen molar-refractivity contribution in [3.8, 4) is 11.1 Å². The second-order valence-corrected chi connectivity index (χ2v) is 4.83.